The summed E-state index contributed by atoms with van der Waals surface area (Å²) in [5, 5.41) is 14.0. The van der Waals surface area contributed by atoms with Gasteiger partial charge in [0, 0.05) is 35.4 Å². The molecule has 0 atom stereocenters. The first kappa shape index (κ1) is 18.8. The number of amides is 2. The maximum atomic E-state index is 12.5. The van der Waals surface area contributed by atoms with E-state index in [2.05, 4.69) is 5.32 Å². The van der Waals surface area contributed by atoms with Gasteiger partial charge >= 0.3 is 0 Å². The van der Waals surface area contributed by atoms with Crippen molar-refractivity contribution in [1.82, 2.24) is 0 Å². The van der Waals surface area contributed by atoms with Crippen molar-refractivity contribution in [3.05, 3.63) is 62.7 Å². The fourth-order valence-corrected chi connectivity index (χ4v) is 3.32. The summed E-state index contributed by atoms with van der Waals surface area (Å²) in [7, 11) is 0. The molecule has 0 bridgehead atoms. The normalized spacial score (nSPS) is 14.1. The Morgan fingerprint density at radius 3 is 2.67 bits per heavy atom. The number of hydrogen-bond donors (Lipinski definition) is 1. The van der Waals surface area contributed by atoms with E-state index in [0.717, 1.165) is 24.1 Å². The molecule has 0 spiro atoms. The van der Waals surface area contributed by atoms with Gasteiger partial charge in [-0.15, -0.1) is 0 Å². The van der Waals surface area contributed by atoms with Crippen LogP contribution < -0.4 is 10.2 Å². The number of benzene rings is 2. The third-order valence-electron chi connectivity index (χ3n) is 4.47. The number of hydrogen-bond acceptors (Lipinski definition) is 4. The van der Waals surface area contributed by atoms with Crippen LogP contribution in [0.15, 0.2) is 36.4 Å². The summed E-state index contributed by atoms with van der Waals surface area (Å²) in [5.74, 6) is -0.527. The maximum Gasteiger partial charge on any atom is 0.282 e. The standard InChI is InChI=1S/C19H18ClN3O4/c1-12-10-14(6-8-16(12)22-9-3-2-4-18(22)24)21-19(25)15-11-13(20)5-7-17(15)23(26)27/h5-8,10-11H,2-4,9H2,1H3,(H,21,25). The number of nitrogens with zero attached hydrogens (tertiary/aromatic N) is 2. The lowest BCUT2D eigenvalue weighted by Crippen LogP contribution is -2.35. The summed E-state index contributed by atoms with van der Waals surface area (Å²) in [5.41, 5.74) is 1.71. The van der Waals surface area contributed by atoms with Crippen molar-refractivity contribution in [2.24, 2.45) is 0 Å². The Morgan fingerprint density at radius 2 is 2.00 bits per heavy atom. The molecule has 3 rings (SSSR count). The van der Waals surface area contributed by atoms with Gasteiger partial charge in [-0.2, -0.15) is 0 Å². The lowest BCUT2D eigenvalue weighted by atomic mass is 10.1. The minimum absolute atomic E-state index is 0.0932. The van der Waals surface area contributed by atoms with E-state index in [-0.39, 0.29) is 22.2 Å². The number of nitro groups is 1. The van der Waals surface area contributed by atoms with Crippen LogP contribution in [0.5, 0.6) is 0 Å². The Bertz CT molecular complexity index is 929. The Hall–Kier alpha value is -2.93. The van der Waals surface area contributed by atoms with Gasteiger partial charge in [0.2, 0.25) is 5.91 Å². The van der Waals surface area contributed by atoms with Crippen LogP contribution in [-0.4, -0.2) is 23.3 Å². The van der Waals surface area contributed by atoms with Gasteiger partial charge in [-0.05, 0) is 55.7 Å². The second kappa shape index (κ2) is 7.75. The third kappa shape index (κ3) is 4.09. The Morgan fingerprint density at radius 1 is 1.22 bits per heavy atom. The number of aryl methyl sites for hydroxylation is 1. The molecule has 140 valence electrons. The molecule has 1 fully saturated rings. The van der Waals surface area contributed by atoms with Gasteiger partial charge in [0.1, 0.15) is 5.56 Å². The van der Waals surface area contributed by atoms with E-state index in [0.29, 0.717) is 18.7 Å². The number of piperidine rings is 1. The quantitative estimate of drug-likeness (QED) is 0.624. The Labute approximate surface area is 161 Å². The molecule has 0 radical (unpaired) electrons. The topological polar surface area (TPSA) is 92.5 Å². The van der Waals surface area contributed by atoms with Gasteiger partial charge in [-0.25, -0.2) is 0 Å². The smallest absolute Gasteiger partial charge is 0.282 e. The van der Waals surface area contributed by atoms with E-state index in [9.17, 15) is 19.7 Å². The summed E-state index contributed by atoms with van der Waals surface area (Å²) < 4.78 is 0. The SMILES string of the molecule is Cc1cc(NC(=O)c2cc(Cl)ccc2[N+](=O)[O-])ccc1N1CCCCC1=O. The zero-order valence-corrected chi connectivity index (χ0v) is 15.5. The summed E-state index contributed by atoms with van der Waals surface area (Å²) in [6, 6.07) is 9.03. The molecule has 2 aromatic carbocycles. The zero-order chi connectivity index (χ0) is 19.6. The molecule has 0 aliphatic carbocycles. The molecule has 8 heteroatoms. The molecule has 27 heavy (non-hydrogen) atoms. The molecule has 0 unspecified atom stereocenters. The number of halogens is 1. The minimum Gasteiger partial charge on any atom is -0.322 e. The summed E-state index contributed by atoms with van der Waals surface area (Å²) in [6.45, 7) is 2.54. The molecule has 2 amide bonds. The van der Waals surface area contributed by atoms with Gasteiger partial charge in [-0.1, -0.05) is 11.6 Å². The number of anilines is 2. The van der Waals surface area contributed by atoms with Gasteiger partial charge in [0.15, 0.2) is 0 Å². The van der Waals surface area contributed by atoms with Crippen molar-refractivity contribution in [3.8, 4) is 0 Å². The molecule has 1 aliphatic rings. The fourth-order valence-electron chi connectivity index (χ4n) is 3.14. The number of carbonyl (C=O) groups is 2. The van der Waals surface area contributed by atoms with Crippen molar-refractivity contribution < 1.29 is 14.5 Å². The van der Waals surface area contributed by atoms with Crippen LogP contribution in [0, 0.1) is 17.0 Å². The van der Waals surface area contributed by atoms with Crippen molar-refractivity contribution in [3.63, 3.8) is 0 Å². The van der Waals surface area contributed by atoms with E-state index in [1.807, 2.05) is 6.92 Å². The summed E-state index contributed by atoms with van der Waals surface area (Å²) in [4.78, 5) is 36.9. The lowest BCUT2D eigenvalue weighted by molar-refractivity contribution is -0.385. The highest BCUT2D eigenvalue weighted by molar-refractivity contribution is 6.31. The molecule has 1 saturated heterocycles. The van der Waals surface area contributed by atoms with Crippen LogP contribution in [0.3, 0.4) is 0 Å². The number of nitro benzene ring substituents is 1. The molecular formula is C19H18ClN3O4. The summed E-state index contributed by atoms with van der Waals surface area (Å²) >= 11 is 5.87. The van der Waals surface area contributed by atoms with E-state index in [1.54, 1.807) is 23.1 Å². The van der Waals surface area contributed by atoms with Crippen LogP contribution in [-0.2, 0) is 4.79 Å². The zero-order valence-electron chi connectivity index (χ0n) is 14.7. The molecule has 1 N–H and O–H groups in total. The highest BCUT2D eigenvalue weighted by atomic mass is 35.5. The maximum absolute atomic E-state index is 12.5. The van der Waals surface area contributed by atoms with Crippen molar-refractivity contribution >= 4 is 40.5 Å². The highest BCUT2D eigenvalue weighted by Crippen LogP contribution is 2.28. The third-order valence-corrected chi connectivity index (χ3v) is 4.70. The van der Waals surface area contributed by atoms with E-state index < -0.39 is 10.8 Å². The molecule has 1 heterocycles. The largest absolute Gasteiger partial charge is 0.322 e. The summed E-state index contributed by atoms with van der Waals surface area (Å²) in [6.07, 6.45) is 2.40. The average molecular weight is 388 g/mol. The van der Waals surface area contributed by atoms with Gasteiger partial charge < -0.3 is 10.2 Å². The first-order valence-corrected chi connectivity index (χ1v) is 8.91. The van der Waals surface area contributed by atoms with E-state index >= 15 is 0 Å². The monoisotopic (exact) mass is 387 g/mol. The van der Waals surface area contributed by atoms with Crippen molar-refractivity contribution in [1.29, 1.82) is 0 Å². The van der Waals surface area contributed by atoms with Crippen LogP contribution in [0.25, 0.3) is 0 Å². The second-order valence-corrected chi connectivity index (χ2v) is 6.81. The second-order valence-electron chi connectivity index (χ2n) is 6.38. The molecule has 0 saturated carbocycles. The van der Waals surface area contributed by atoms with Gasteiger partial charge in [0.25, 0.3) is 11.6 Å². The Balaban J connectivity index is 1.83. The highest BCUT2D eigenvalue weighted by Gasteiger charge is 2.23. The van der Waals surface area contributed by atoms with Gasteiger partial charge in [-0.3, -0.25) is 19.7 Å². The first-order valence-electron chi connectivity index (χ1n) is 8.53. The average Bonchev–Trinajstić information content (AvgIpc) is 2.62. The van der Waals surface area contributed by atoms with Gasteiger partial charge in [0.05, 0.1) is 4.92 Å². The number of nitrogens with one attached hydrogen (secondary N) is 1. The molecule has 1 aliphatic heterocycles. The molecule has 0 aromatic heterocycles. The van der Waals surface area contributed by atoms with Crippen molar-refractivity contribution in [2.75, 3.05) is 16.8 Å². The number of carbonyl (C=O) groups excluding carboxylic acids is 2. The Kier molecular flexibility index (Phi) is 5.41. The fraction of sp³-hybridized carbons (Fsp3) is 0.263. The van der Waals surface area contributed by atoms with Crippen LogP contribution >= 0.6 is 11.6 Å². The van der Waals surface area contributed by atoms with E-state index in [1.165, 1.54) is 18.2 Å². The molecule has 7 nitrogen and oxygen atoms in total. The van der Waals surface area contributed by atoms with Crippen LogP contribution in [0.4, 0.5) is 17.1 Å². The molecular weight excluding hydrogens is 370 g/mol. The van der Waals surface area contributed by atoms with Crippen LogP contribution in [0.2, 0.25) is 5.02 Å². The lowest BCUT2D eigenvalue weighted by Gasteiger charge is -2.28. The van der Waals surface area contributed by atoms with E-state index in [4.69, 9.17) is 11.6 Å². The van der Waals surface area contributed by atoms with Crippen LogP contribution in [0.1, 0.15) is 35.2 Å². The predicted molar refractivity (Wildman–Crippen MR) is 103 cm³/mol. The predicted octanol–water partition coefficient (Wildman–Crippen LogP) is 4.33. The minimum atomic E-state index is -0.623. The van der Waals surface area contributed by atoms with Crippen molar-refractivity contribution in [2.45, 2.75) is 26.2 Å². The first-order chi connectivity index (χ1) is 12.9. The molecule has 2 aromatic rings. The number of rotatable bonds is 4.